The Hall–Kier alpha value is -1.51. The van der Waals surface area contributed by atoms with Crippen LogP contribution in [0.4, 0.5) is 5.95 Å². The van der Waals surface area contributed by atoms with Crippen molar-refractivity contribution in [2.45, 2.75) is 32.3 Å². The maximum atomic E-state index is 11.5. The zero-order chi connectivity index (χ0) is 13.0. The fraction of sp³-hybridized carbons (Fsp3) is 0.667. The number of nitrogens with zero attached hydrogens (tertiary/aromatic N) is 2. The average molecular weight is 245 g/mol. The van der Waals surface area contributed by atoms with E-state index in [1.54, 1.807) is 6.92 Å². The van der Waals surface area contributed by atoms with Gasteiger partial charge in [0.05, 0.1) is 12.7 Å². The summed E-state index contributed by atoms with van der Waals surface area (Å²) in [6.45, 7) is 2.74. The fourth-order valence-corrected chi connectivity index (χ4v) is 1.27. The van der Waals surface area contributed by atoms with Crippen molar-refractivity contribution in [3.63, 3.8) is 0 Å². The Morgan fingerprint density at radius 3 is 2.76 bits per heavy atom. The van der Waals surface area contributed by atoms with E-state index in [-0.39, 0.29) is 12.6 Å². The maximum Gasteiger partial charge on any atom is 0.446 e. The zero-order valence-corrected chi connectivity index (χ0v) is 9.70. The highest BCUT2D eigenvalue weighted by Gasteiger charge is 2.22. The molecule has 0 aromatic carbocycles. The molecule has 3 atom stereocenters. The van der Waals surface area contributed by atoms with Gasteiger partial charge >= 0.3 is 11.6 Å². The molecule has 1 aromatic rings. The van der Waals surface area contributed by atoms with Gasteiger partial charge in [-0.3, -0.25) is 0 Å². The molecular weight excluding hydrogens is 228 g/mol. The number of aromatic nitrogens is 3. The van der Waals surface area contributed by atoms with Gasteiger partial charge in [-0.15, -0.1) is 0 Å². The molecule has 0 spiro atoms. The van der Waals surface area contributed by atoms with E-state index in [1.165, 1.54) is 17.8 Å². The largest absolute Gasteiger partial charge is 0.446 e. The van der Waals surface area contributed by atoms with Crippen LogP contribution in [0.25, 0.3) is 0 Å². The van der Waals surface area contributed by atoms with Crippen LogP contribution in [0, 0.1) is 0 Å². The number of ether oxygens (including phenoxy) is 1. The highest BCUT2D eigenvalue weighted by atomic mass is 16.5. The molecule has 5 N–H and O–H groups in total. The predicted octanol–water partition coefficient (Wildman–Crippen LogP) is -2.08. The second-order valence-electron chi connectivity index (χ2n) is 3.66. The predicted molar refractivity (Wildman–Crippen MR) is 57.8 cm³/mol. The molecule has 0 fully saturated rings. The molecule has 8 heteroatoms. The van der Waals surface area contributed by atoms with E-state index in [2.05, 4.69) is 9.97 Å². The van der Waals surface area contributed by atoms with Crippen LogP contribution in [0.5, 0.6) is 0 Å². The second-order valence-corrected chi connectivity index (χ2v) is 3.66. The Morgan fingerprint density at radius 2 is 2.29 bits per heavy atom. The lowest BCUT2D eigenvalue weighted by Gasteiger charge is -2.21. The third-order valence-corrected chi connectivity index (χ3v) is 2.27. The number of hydrogen-bond donors (Lipinski definition) is 4. The first-order chi connectivity index (χ1) is 7.95. The number of H-pyrrole nitrogens is 1. The van der Waals surface area contributed by atoms with Gasteiger partial charge < -0.3 is 20.7 Å². The van der Waals surface area contributed by atoms with Crippen molar-refractivity contribution in [1.29, 1.82) is 0 Å². The topological polar surface area (TPSA) is 125 Å². The van der Waals surface area contributed by atoms with Gasteiger partial charge in [0.15, 0.2) is 6.23 Å². The highest BCUT2D eigenvalue weighted by molar-refractivity contribution is 5.07. The van der Waals surface area contributed by atoms with E-state index < -0.39 is 24.1 Å². The summed E-state index contributed by atoms with van der Waals surface area (Å²) in [6.07, 6.45) is -1.06. The molecule has 1 heterocycles. The second kappa shape index (κ2) is 5.71. The summed E-state index contributed by atoms with van der Waals surface area (Å²) >= 11 is 0. The van der Waals surface area contributed by atoms with Crippen molar-refractivity contribution in [3.8, 4) is 0 Å². The molecule has 0 saturated heterocycles. The van der Waals surface area contributed by atoms with Gasteiger partial charge in [0.2, 0.25) is 6.33 Å². The number of nitrogens with two attached hydrogens (primary N) is 1. The number of anilines is 1. The highest BCUT2D eigenvalue weighted by Crippen LogP contribution is 2.05. The first kappa shape index (κ1) is 13.6. The van der Waals surface area contributed by atoms with Gasteiger partial charge in [-0.2, -0.15) is 9.55 Å². The first-order valence-electron chi connectivity index (χ1n) is 5.16. The molecule has 0 aliphatic heterocycles. The summed E-state index contributed by atoms with van der Waals surface area (Å²) in [4.78, 5) is 17.5. The van der Waals surface area contributed by atoms with Crippen LogP contribution in [-0.2, 0) is 4.74 Å². The molecule has 17 heavy (non-hydrogen) atoms. The van der Waals surface area contributed by atoms with Gasteiger partial charge in [-0.05, 0) is 13.8 Å². The number of nitrogen functional groups attached to an aromatic ring is 1. The van der Waals surface area contributed by atoms with E-state index in [1.807, 2.05) is 0 Å². The standard InChI is InChI=1S/C9H16N4O4/c1-5(15)7(3-14)17-6(2)13-4-11-8(10)12-9(13)16/h4-7,14-15H,3H2,1-2H3,(H2,10,12,16)/p+1/t5?,6-,7-/m1/s1. The lowest BCUT2D eigenvalue weighted by atomic mass is 10.2. The SMILES string of the molecule is CC(O)[C@@H](CO)O[C@H](C)[n+]1cnc(N)[nH]c1=O. The summed E-state index contributed by atoms with van der Waals surface area (Å²) in [5, 5.41) is 18.3. The van der Waals surface area contributed by atoms with E-state index in [0.717, 1.165) is 0 Å². The Balaban J connectivity index is 2.82. The number of rotatable bonds is 5. The number of nitrogens with one attached hydrogen (secondary N) is 1. The van der Waals surface area contributed by atoms with Crippen molar-refractivity contribution >= 4 is 5.95 Å². The van der Waals surface area contributed by atoms with Crippen molar-refractivity contribution < 1.29 is 19.5 Å². The lowest BCUT2D eigenvalue weighted by Crippen LogP contribution is -2.56. The summed E-state index contributed by atoms with van der Waals surface area (Å²) in [6, 6.07) is 0. The minimum Gasteiger partial charge on any atom is -0.394 e. The summed E-state index contributed by atoms with van der Waals surface area (Å²) < 4.78 is 6.50. The van der Waals surface area contributed by atoms with Crippen LogP contribution in [0.2, 0.25) is 0 Å². The van der Waals surface area contributed by atoms with Gasteiger partial charge in [0.25, 0.3) is 0 Å². The van der Waals surface area contributed by atoms with Crippen LogP contribution in [0.15, 0.2) is 11.1 Å². The molecule has 96 valence electrons. The molecule has 0 amide bonds. The van der Waals surface area contributed by atoms with E-state index in [4.69, 9.17) is 15.6 Å². The van der Waals surface area contributed by atoms with Gasteiger partial charge in [-0.1, -0.05) is 4.98 Å². The lowest BCUT2D eigenvalue weighted by molar-refractivity contribution is -0.778. The number of aliphatic hydroxyl groups excluding tert-OH is 2. The zero-order valence-electron chi connectivity index (χ0n) is 9.70. The molecule has 8 nitrogen and oxygen atoms in total. The summed E-state index contributed by atoms with van der Waals surface area (Å²) in [5.74, 6) is 0.00712. The van der Waals surface area contributed by atoms with Crippen molar-refractivity contribution in [2.24, 2.45) is 0 Å². The van der Waals surface area contributed by atoms with Crippen molar-refractivity contribution in [2.75, 3.05) is 12.3 Å². The first-order valence-corrected chi connectivity index (χ1v) is 5.16. The van der Waals surface area contributed by atoms with Gasteiger partial charge in [-0.25, -0.2) is 4.79 Å². The molecule has 0 bridgehead atoms. The third-order valence-electron chi connectivity index (χ3n) is 2.27. The number of aliphatic hydroxyl groups is 2. The van der Waals surface area contributed by atoms with Crippen molar-refractivity contribution in [3.05, 3.63) is 16.8 Å². The molecule has 0 aliphatic carbocycles. The van der Waals surface area contributed by atoms with Crippen LogP contribution < -0.4 is 16.0 Å². The van der Waals surface area contributed by atoms with Gasteiger partial charge in [0, 0.05) is 0 Å². The van der Waals surface area contributed by atoms with E-state index in [9.17, 15) is 9.90 Å². The minimum absolute atomic E-state index is 0.00712. The molecule has 1 aromatic heterocycles. The number of aromatic amines is 1. The maximum absolute atomic E-state index is 11.5. The molecular formula is C9H17N4O4+. The Morgan fingerprint density at radius 1 is 1.65 bits per heavy atom. The third kappa shape index (κ3) is 3.48. The number of hydrogen-bond acceptors (Lipinski definition) is 6. The van der Waals surface area contributed by atoms with E-state index >= 15 is 0 Å². The average Bonchev–Trinajstić information content (AvgIpc) is 2.24. The van der Waals surface area contributed by atoms with Crippen LogP contribution >= 0.6 is 0 Å². The Bertz CT molecular complexity index is 420. The normalized spacial score (nSPS) is 16.5. The quantitative estimate of drug-likeness (QED) is 0.441. The van der Waals surface area contributed by atoms with E-state index in [0.29, 0.717) is 0 Å². The molecule has 1 rings (SSSR count). The summed E-state index contributed by atoms with van der Waals surface area (Å²) in [7, 11) is 0. The minimum atomic E-state index is -0.844. The Labute approximate surface area is 97.7 Å². The fourth-order valence-electron chi connectivity index (χ4n) is 1.27. The van der Waals surface area contributed by atoms with Gasteiger partial charge in [0.1, 0.15) is 6.10 Å². The monoisotopic (exact) mass is 245 g/mol. The summed E-state index contributed by atoms with van der Waals surface area (Å²) in [5.41, 5.74) is 4.82. The molecule has 1 unspecified atom stereocenters. The van der Waals surface area contributed by atoms with Crippen LogP contribution in [-0.4, -0.2) is 39.0 Å². The molecule has 0 aliphatic rings. The molecule has 0 saturated carbocycles. The molecule has 0 radical (unpaired) electrons. The van der Waals surface area contributed by atoms with Crippen molar-refractivity contribution in [1.82, 2.24) is 9.97 Å². The van der Waals surface area contributed by atoms with Crippen LogP contribution in [0.3, 0.4) is 0 Å². The smallest absolute Gasteiger partial charge is 0.394 e. The van der Waals surface area contributed by atoms with Crippen LogP contribution in [0.1, 0.15) is 20.1 Å². The Kier molecular flexibility index (Phi) is 4.55.